The molecule has 2 aromatic carbocycles. The molecule has 3 N–H and O–H groups in total. The van der Waals surface area contributed by atoms with Crippen LogP contribution in [0.25, 0.3) is 5.57 Å². The van der Waals surface area contributed by atoms with Gasteiger partial charge in [0.05, 0.1) is 30.5 Å². The number of pyridine rings is 1. The van der Waals surface area contributed by atoms with Crippen molar-refractivity contribution >= 4 is 41.1 Å². The minimum atomic E-state index is -0.519. The molecule has 0 unspecified atom stereocenters. The zero-order chi connectivity index (χ0) is 33.8. The van der Waals surface area contributed by atoms with Crippen molar-refractivity contribution in [2.75, 3.05) is 58.3 Å². The SMILES string of the molecule is CN=CN=C(N)c1ccc(C2=CCN(C(=O)CN3CC[C@]4(CCN(c5ccc(C)c(C(=N)c6ccc(OC)cc6)n5)C4=O)C3)CC2)cc1. The van der Waals surface area contributed by atoms with E-state index in [-0.39, 0.29) is 11.8 Å². The molecule has 2 fully saturated rings. The maximum Gasteiger partial charge on any atom is 0.237 e. The number of anilines is 1. The molecule has 4 heterocycles. The number of aliphatic imine (C=N–C) groups is 2. The standard InChI is InChI=1S/C37H42N8O3/c1-25-4-13-31(42-34(25)33(38)28-9-11-30(48-3)12-10-28)45-21-17-37(36(45)47)16-20-43(23-37)22-32(46)44-18-14-27(15-19-44)26-5-7-29(8-6-26)35(39)41-24-40-2/h4-14,24,38H,15-23H2,1-3H3,(H2,39,40,41)/t37-/m0/s1. The topological polar surface area (TPSA) is 141 Å². The van der Waals surface area contributed by atoms with E-state index in [1.165, 1.54) is 11.9 Å². The van der Waals surface area contributed by atoms with E-state index in [2.05, 4.69) is 21.0 Å². The molecule has 248 valence electrons. The Labute approximate surface area is 281 Å². The number of methoxy groups -OCH3 is 1. The maximum absolute atomic E-state index is 13.9. The van der Waals surface area contributed by atoms with Crippen molar-refractivity contribution < 1.29 is 14.3 Å². The zero-order valence-electron chi connectivity index (χ0n) is 27.8. The van der Waals surface area contributed by atoms with Gasteiger partial charge in [0, 0.05) is 44.4 Å². The molecule has 1 aromatic heterocycles. The van der Waals surface area contributed by atoms with Gasteiger partial charge in [0.1, 0.15) is 23.7 Å². The Balaban J connectivity index is 1.05. The largest absolute Gasteiger partial charge is 0.497 e. The van der Waals surface area contributed by atoms with Crippen molar-refractivity contribution in [1.29, 1.82) is 5.41 Å². The van der Waals surface area contributed by atoms with E-state index in [1.54, 1.807) is 19.1 Å². The van der Waals surface area contributed by atoms with Crippen molar-refractivity contribution in [1.82, 2.24) is 14.8 Å². The number of amidine groups is 1. The number of likely N-dealkylation sites (tertiary alicyclic amines) is 1. The zero-order valence-corrected chi connectivity index (χ0v) is 27.8. The summed E-state index contributed by atoms with van der Waals surface area (Å²) in [6.45, 7) is 5.28. The lowest BCUT2D eigenvalue weighted by molar-refractivity contribution is -0.132. The van der Waals surface area contributed by atoms with E-state index < -0.39 is 5.41 Å². The molecule has 2 saturated heterocycles. The lowest BCUT2D eigenvalue weighted by atomic mass is 9.85. The molecule has 3 aliphatic heterocycles. The number of nitrogens with one attached hydrogen (secondary N) is 1. The molecule has 0 saturated carbocycles. The fourth-order valence-electron chi connectivity index (χ4n) is 6.83. The van der Waals surface area contributed by atoms with Crippen LogP contribution in [0.2, 0.25) is 0 Å². The number of aromatic nitrogens is 1. The number of benzene rings is 2. The van der Waals surface area contributed by atoms with Crippen molar-refractivity contribution in [3.8, 4) is 5.75 Å². The van der Waals surface area contributed by atoms with Crippen molar-refractivity contribution in [3.63, 3.8) is 0 Å². The van der Waals surface area contributed by atoms with E-state index >= 15 is 0 Å². The average molecular weight is 647 g/mol. The highest BCUT2D eigenvalue weighted by Gasteiger charge is 2.51. The number of rotatable bonds is 9. The molecule has 3 aliphatic rings. The highest BCUT2D eigenvalue weighted by atomic mass is 16.5. The summed E-state index contributed by atoms with van der Waals surface area (Å²) in [7, 11) is 3.26. The predicted octanol–water partition coefficient (Wildman–Crippen LogP) is 3.92. The van der Waals surface area contributed by atoms with Gasteiger partial charge >= 0.3 is 0 Å². The van der Waals surface area contributed by atoms with Gasteiger partial charge < -0.3 is 15.4 Å². The number of hydrogen-bond donors (Lipinski definition) is 2. The number of amides is 2. The third-order valence-electron chi connectivity index (χ3n) is 9.70. The first-order valence-electron chi connectivity index (χ1n) is 16.3. The number of ether oxygens (including phenoxy) is 1. The molecule has 11 heteroatoms. The molecular weight excluding hydrogens is 604 g/mol. The second-order valence-electron chi connectivity index (χ2n) is 12.7. The lowest BCUT2D eigenvalue weighted by Gasteiger charge is -2.29. The molecular formula is C37H42N8O3. The van der Waals surface area contributed by atoms with Crippen LogP contribution in [0.3, 0.4) is 0 Å². The Hall–Kier alpha value is -5.16. The van der Waals surface area contributed by atoms with Gasteiger partial charge in [-0.25, -0.2) is 9.98 Å². The van der Waals surface area contributed by atoms with Crippen LogP contribution in [-0.4, -0.2) is 97.9 Å². The number of nitrogens with zero attached hydrogens (tertiary/aromatic N) is 6. The minimum Gasteiger partial charge on any atom is -0.497 e. The Morgan fingerprint density at radius 2 is 1.77 bits per heavy atom. The molecule has 11 nitrogen and oxygen atoms in total. The molecule has 0 aliphatic carbocycles. The Kier molecular flexibility index (Phi) is 9.49. The third kappa shape index (κ3) is 6.64. The van der Waals surface area contributed by atoms with Crippen LogP contribution in [-0.2, 0) is 9.59 Å². The Morgan fingerprint density at radius 1 is 1.04 bits per heavy atom. The van der Waals surface area contributed by atoms with Crippen LogP contribution in [0.1, 0.15) is 47.2 Å². The van der Waals surface area contributed by atoms with Gasteiger partial charge in [0.15, 0.2) is 0 Å². The molecule has 1 spiro atoms. The Bertz CT molecular complexity index is 1800. The number of carbonyl (C=O) groups excluding carboxylic acids is 2. The molecule has 3 aromatic rings. The van der Waals surface area contributed by atoms with Crippen LogP contribution in [0, 0.1) is 17.7 Å². The predicted molar refractivity (Wildman–Crippen MR) is 189 cm³/mol. The van der Waals surface area contributed by atoms with Gasteiger partial charge in [0.25, 0.3) is 0 Å². The monoisotopic (exact) mass is 646 g/mol. The average Bonchev–Trinajstić information content (AvgIpc) is 3.68. The van der Waals surface area contributed by atoms with Crippen molar-refractivity contribution in [2.24, 2.45) is 21.1 Å². The fourth-order valence-corrected chi connectivity index (χ4v) is 6.83. The first kappa shape index (κ1) is 32.8. The lowest BCUT2D eigenvalue weighted by Crippen LogP contribution is -2.43. The van der Waals surface area contributed by atoms with Gasteiger partial charge in [-0.2, -0.15) is 0 Å². The third-order valence-corrected chi connectivity index (χ3v) is 9.70. The molecule has 48 heavy (non-hydrogen) atoms. The van der Waals surface area contributed by atoms with Crippen LogP contribution < -0.4 is 15.4 Å². The normalized spacial score (nSPS) is 20.2. The van der Waals surface area contributed by atoms with Crippen LogP contribution >= 0.6 is 0 Å². The summed E-state index contributed by atoms with van der Waals surface area (Å²) in [5.41, 5.74) is 11.1. The number of nitrogens with two attached hydrogens (primary N) is 1. The van der Waals surface area contributed by atoms with Crippen LogP contribution in [0.4, 0.5) is 5.82 Å². The summed E-state index contributed by atoms with van der Waals surface area (Å²) >= 11 is 0. The molecule has 6 rings (SSSR count). The van der Waals surface area contributed by atoms with Gasteiger partial charge in [-0.05, 0) is 79.8 Å². The van der Waals surface area contributed by atoms with Gasteiger partial charge in [0.2, 0.25) is 11.8 Å². The summed E-state index contributed by atoms with van der Waals surface area (Å²) in [4.78, 5) is 45.8. The highest BCUT2D eigenvalue weighted by Crippen LogP contribution is 2.42. The fraction of sp³-hybridized carbons (Fsp3) is 0.351. The summed E-state index contributed by atoms with van der Waals surface area (Å²) < 4.78 is 5.25. The van der Waals surface area contributed by atoms with E-state index in [0.29, 0.717) is 62.3 Å². The minimum absolute atomic E-state index is 0.0545. The number of hydrogen-bond acceptors (Lipinski definition) is 7. The smallest absolute Gasteiger partial charge is 0.237 e. The van der Waals surface area contributed by atoms with E-state index in [0.717, 1.165) is 47.3 Å². The maximum atomic E-state index is 13.9. The summed E-state index contributed by atoms with van der Waals surface area (Å²) in [5, 5.41) is 8.82. The van der Waals surface area contributed by atoms with Gasteiger partial charge in [-0.1, -0.05) is 36.4 Å². The second kappa shape index (κ2) is 13.9. The van der Waals surface area contributed by atoms with Crippen molar-refractivity contribution in [3.05, 3.63) is 94.7 Å². The summed E-state index contributed by atoms with van der Waals surface area (Å²) in [5.74, 6) is 1.85. The van der Waals surface area contributed by atoms with Gasteiger partial charge in [-0.3, -0.25) is 29.8 Å². The summed E-state index contributed by atoms with van der Waals surface area (Å²) in [6.07, 6.45) is 5.76. The van der Waals surface area contributed by atoms with Crippen LogP contribution in [0.5, 0.6) is 5.75 Å². The molecule has 0 radical (unpaired) electrons. The Morgan fingerprint density at radius 3 is 2.46 bits per heavy atom. The van der Waals surface area contributed by atoms with E-state index in [9.17, 15) is 9.59 Å². The second-order valence-corrected chi connectivity index (χ2v) is 12.7. The van der Waals surface area contributed by atoms with E-state index in [1.807, 2.05) is 72.5 Å². The van der Waals surface area contributed by atoms with Crippen molar-refractivity contribution in [2.45, 2.75) is 26.2 Å². The quantitative estimate of drug-likeness (QED) is 0.267. The van der Waals surface area contributed by atoms with Crippen LogP contribution in [0.15, 0.2) is 76.7 Å². The first-order valence-corrected chi connectivity index (χ1v) is 16.3. The highest BCUT2D eigenvalue weighted by molar-refractivity contribution is 6.11. The van der Waals surface area contributed by atoms with Gasteiger partial charge in [-0.15, -0.1) is 0 Å². The molecule has 1 atom stereocenters. The molecule has 2 amide bonds. The number of aryl methyl sites for hydroxylation is 1. The first-order chi connectivity index (χ1) is 23.2. The number of carbonyl (C=O) groups is 2. The molecule has 0 bridgehead atoms. The van der Waals surface area contributed by atoms with E-state index in [4.69, 9.17) is 20.9 Å². The summed E-state index contributed by atoms with van der Waals surface area (Å²) in [6, 6.07) is 19.1.